The Balaban J connectivity index is 1.57. The van der Waals surface area contributed by atoms with Gasteiger partial charge in [-0.15, -0.1) is 0 Å². The number of likely N-dealkylation sites (tertiary alicyclic amines) is 1. The van der Waals surface area contributed by atoms with Crippen molar-refractivity contribution in [1.29, 1.82) is 0 Å². The van der Waals surface area contributed by atoms with Crippen molar-refractivity contribution in [3.05, 3.63) is 0 Å². The van der Waals surface area contributed by atoms with Gasteiger partial charge < -0.3 is 20.1 Å². The number of hydrogen-bond acceptors (Lipinski definition) is 4. The van der Waals surface area contributed by atoms with Gasteiger partial charge in [0.15, 0.2) is 0 Å². The van der Waals surface area contributed by atoms with E-state index < -0.39 is 0 Å². The molecular weight excluding hydrogens is 216 g/mol. The van der Waals surface area contributed by atoms with Crippen LogP contribution in [-0.2, 0) is 4.74 Å². The summed E-state index contributed by atoms with van der Waals surface area (Å²) in [7, 11) is 1.79. The summed E-state index contributed by atoms with van der Waals surface area (Å²) in [4.78, 5) is 2.36. The minimum atomic E-state index is -0.227. The summed E-state index contributed by atoms with van der Waals surface area (Å²) in [6.07, 6.45) is 6.19. The highest BCUT2D eigenvalue weighted by Gasteiger charge is 2.24. The van der Waals surface area contributed by atoms with E-state index in [0.29, 0.717) is 12.1 Å². The molecule has 0 aromatic carbocycles. The zero-order valence-corrected chi connectivity index (χ0v) is 10.9. The average Bonchev–Trinajstić information content (AvgIpc) is 2.96. The Hall–Kier alpha value is -0.160. The third kappa shape index (κ3) is 4.21. The second-order valence-corrected chi connectivity index (χ2v) is 5.44. The minimum absolute atomic E-state index is 0.227. The second kappa shape index (κ2) is 6.69. The predicted molar refractivity (Wildman–Crippen MR) is 68.1 cm³/mol. The summed E-state index contributed by atoms with van der Waals surface area (Å²) in [5.41, 5.74) is 0. The van der Waals surface area contributed by atoms with Crippen LogP contribution >= 0.6 is 0 Å². The number of nitrogens with zero attached hydrogens (tertiary/aromatic N) is 1. The topological polar surface area (TPSA) is 44.7 Å². The van der Waals surface area contributed by atoms with Gasteiger partial charge >= 0.3 is 0 Å². The normalized spacial score (nSPS) is 32.1. The Bertz CT molecular complexity index is 219. The summed E-state index contributed by atoms with van der Waals surface area (Å²) in [5.74, 6) is 0. The number of methoxy groups -OCH3 is 1. The van der Waals surface area contributed by atoms with E-state index in [1.807, 2.05) is 0 Å². The third-order valence-electron chi connectivity index (χ3n) is 4.03. The van der Waals surface area contributed by atoms with Crippen molar-refractivity contribution in [2.24, 2.45) is 0 Å². The fourth-order valence-electron chi connectivity index (χ4n) is 2.97. The number of β-amino-alcohol motifs (C(OH)–C–C–N with tert-alkyl or cyclic N) is 1. The zero-order chi connectivity index (χ0) is 12.1. The van der Waals surface area contributed by atoms with Crippen LogP contribution in [0.3, 0.4) is 0 Å². The first-order valence-electron chi connectivity index (χ1n) is 6.94. The number of aliphatic hydroxyl groups excluding tert-OH is 1. The largest absolute Gasteiger partial charge is 0.390 e. The van der Waals surface area contributed by atoms with Crippen molar-refractivity contribution in [3.63, 3.8) is 0 Å². The van der Waals surface area contributed by atoms with Crippen LogP contribution in [0.2, 0.25) is 0 Å². The lowest BCUT2D eigenvalue weighted by Gasteiger charge is -2.21. The van der Waals surface area contributed by atoms with Gasteiger partial charge in [-0.25, -0.2) is 0 Å². The van der Waals surface area contributed by atoms with Gasteiger partial charge in [-0.05, 0) is 45.2 Å². The van der Waals surface area contributed by atoms with Crippen molar-refractivity contribution >= 4 is 0 Å². The Kier molecular flexibility index (Phi) is 5.22. The third-order valence-corrected chi connectivity index (χ3v) is 4.03. The van der Waals surface area contributed by atoms with Crippen molar-refractivity contribution in [1.82, 2.24) is 10.2 Å². The van der Waals surface area contributed by atoms with Crippen molar-refractivity contribution in [2.45, 2.75) is 50.4 Å². The molecule has 3 atom stereocenters. The molecule has 2 aliphatic rings. The van der Waals surface area contributed by atoms with E-state index in [1.54, 1.807) is 7.11 Å². The molecule has 1 saturated carbocycles. The molecule has 0 aromatic heterocycles. The molecule has 1 aliphatic carbocycles. The van der Waals surface area contributed by atoms with E-state index in [1.165, 1.54) is 19.3 Å². The molecule has 3 unspecified atom stereocenters. The zero-order valence-electron chi connectivity index (χ0n) is 10.9. The lowest BCUT2D eigenvalue weighted by Crippen LogP contribution is -2.40. The van der Waals surface area contributed by atoms with E-state index in [9.17, 15) is 5.11 Å². The number of nitrogens with one attached hydrogen (secondary N) is 1. The lowest BCUT2D eigenvalue weighted by molar-refractivity contribution is 0.103. The van der Waals surface area contributed by atoms with E-state index >= 15 is 0 Å². The van der Waals surface area contributed by atoms with Crippen LogP contribution < -0.4 is 5.32 Å². The highest BCUT2D eigenvalue weighted by Crippen LogP contribution is 2.21. The Labute approximate surface area is 104 Å². The first-order valence-corrected chi connectivity index (χ1v) is 6.94. The number of hydrogen-bond donors (Lipinski definition) is 2. The molecule has 0 amide bonds. The fraction of sp³-hybridized carbons (Fsp3) is 1.00. The first kappa shape index (κ1) is 13.3. The average molecular weight is 242 g/mol. The van der Waals surface area contributed by atoms with Gasteiger partial charge in [0, 0.05) is 26.2 Å². The molecular formula is C13H26N2O2. The van der Waals surface area contributed by atoms with E-state index in [0.717, 1.165) is 39.0 Å². The molecule has 4 nitrogen and oxygen atoms in total. The fourth-order valence-corrected chi connectivity index (χ4v) is 2.97. The Morgan fingerprint density at radius 1 is 1.35 bits per heavy atom. The quantitative estimate of drug-likeness (QED) is 0.716. The highest BCUT2D eigenvalue weighted by atomic mass is 16.5. The van der Waals surface area contributed by atoms with Crippen LogP contribution in [-0.4, -0.2) is 61.5 Å². The molecule has 0 aromatic rings. The Morgan fingerprint density at radius 3 is 2.76 bits per heavy atom. The Morgan fingerprint density at radius 2 is 2.12 bits per heavy atom. The van der Waals surface area contributed by atoms with Crippen molar-refractivity contribution < 1.29 is 9.84 Å². The van der Waals surface area contributed by atoms with Gasteiger partial charge in [0.05, 0.1) is 12.2 Å². The summed E-state index contributed by atoms with van der Waals surface area (Å²) in [6, 6.07) is 0.535. The van der Waals surface area contributed by atoms with Crippen LogP contribution in [0.1, 0.15) is 32.1 Å². The molecule has 100 valence electrons. The van der Waals surface area contributed by atoms with Crippen LogP contribution in [0.5, 0.6) is 0 Å². The molecule has 2 fully saturated rings. The van der Waals surface area contributed by atoms with E-state index in [-0.39, 0.29) is 6.10 Å². The standard InChI is InChI=1S/C13H26N2O2/c1-17-13-5-4-11(8-13)14-9-12(16)10-15-6-2-3-7-15/h11-14,16H,2-10H2,1H3. The van der Waals surface area contributed by atoms with Gasteiger partial charge in [0.1, 0.15) is 0 Å². The van der Waals surface area contributed by atoms with Gasteiger partial charge in [0.25, 0.3) is 0 Å². The number of ether oxygens (including phenoxy) is 1. The summed E-state index contributed by atoms with van der Waals surface area (Å²) < 4.78 is 5.35. The maximum Gasteiger partial charge on any atom is 0.0791 e. The molecule has 1 heterocycles. The molecule has 2 N–H and O–H groups in total. The van der Waals surface area contributed by atoms with Gasteiger partial charge in [-0.1, -0.05) is 0 Å². The number of aliphatic hydroxyl groups is 1. The summed E-state index contributed by atoms with van der Waals surface area (Å²) >= 11 is 0. The highest BCUT2D eigenvalue weighted by molar-refractivity contribution is 4.82. The van der Waals surface area contributed by atoms with Gasteiger partial charge in [-0.2, -0.15) is 0 Å². The molecule has 0 bridgehead atoms. The SMILES string of the molecule is COC1CCC(NCC(O)CN2CCCC2)C1. The maximum atomic E-state index is 9.96. The monoisotopic (exact) mass is 242 g/mol. The van der Waals surface area contributed by atoms with Crippen LogP contribution in [0, 0.1) is 0 Å². The smallest absolute Gasteiger partial charge is 0.0791 e. The lowest BCUT2D eigenvalue weighted by atomic mass is 10.2. The van der Waals surface area contributed by atoms with Crippen molar-refractivity contribution in [2.75, 3.05) is 33.3 Å². The van der Waals surface area contributed by atoms with E-state index in [2.05, 4.69) is 10.2 Å². The number of rotatable bonds is 6. The summed E-state index contributed by atoms with van der Waals surface area (Å²) in [5, 5.41) is 13.4. The molecule has 1 saturated heterocycles. The maximum absolute atomic E-state index is 9.96. The molecule has 0 spiro atoms. The van der Waals surface area contributed by atoms with Gasteiger partial charge in [0.2, 0.25) is 0 Å². The van der Waals surface area contributed by atoms with Gasteiger partial charge in [-0.3, -0.25) is 0 Å². The second-order valence-electron chi connectivity index (χ2n) is 5.44. The predicted octanol–water partition coefficient (Wildman–Crippen LogP) is 0.600. The van der Waals surface area contributed by atoms with Crippen LogP contribution in [0.25, 0.3) is 0 Å². The molecule has 1 aliphatic heterocycles. The van der Waals surface area contributed by atoms with E-state index in [4.69, 9.17) is 4.74 Å². The van der Waals surface area contributed by atoms with Crippen molar-refractivity contribution in [3.8, 4) is 0 Å². The molecule has 17 heavy (non-hydrogen) atoms. The first-order chi connectivity index (χ1) is 8.28. The molecule has 2 rings (SSSR count). The van der Waals surface area contributed by atoms with Crippen LogP contribution in [0.15, 0.2) is 0 Å². The molecule has 4 heteroatoms. The summed E-state index contributed by atoms with van der Waals surface area (Å²) in [6.45, 7) is 3.86. The minimum Gasteiger partial charge on any atom is -0.390 e. The molecule has 0 radical (unpaired) electrons. The van der Waals surface area contributed by atoms with Crippen LogP contribution in [0.4, 0.5) is 0 Å².